The van der Waals surface area contributed by atoms with Gasteiger partial charge < -0.3 is 25.2 Å². The first kappa shape index (κ1) is 16.7. The smallest absolute Gasteiger partial charge is 0.318 e. The molecule has 0 atom stereocenters. The zero-order valence-electron chi connectivity index (χ0n) is 9.21. The zero-order valence-corrected chi connectivity index (χ0v) is 12.2. The summed E-state index contributed by atoms with van der Waals surface area (Å²) in [6.07, 6.45) is 0. The predicted molar refractivity (Wildman–Crippen MR) is 53.1 cm³/mol. The normalized spacial score (nSPS) is 9.26. The number of hydrogen-bond donors (Lipinski definition) is 4. The molecule has 0 amide bonds. The largest absolute Gasteiger partial charge is 0.521 e. The summed E-state index contributed by atoms with van der Waals surface area (Å²) in [7, 11) is 0. The van der Waals surface area contributed by atoms with Gasteiger partial charge in [0.25, 0.3) is 11.9 Å². The van der Waals surface area contributed by atoms with Crippen molar-refractivity contribution >= 4 is 23.9 Å². The Labute approximate surface area is 118 Å². The molecule has 19 heavy (non-hydrogen) atoms. The van der Waals surface area contributed by atoms with Crippen molar-refractivity contribution in [3.05, 3.63) is 34.4 Å². The maximum absolute atomic E-state index is 10.9. The Morgan fingerprint density at radius 2 is 1.26 bits per heavy atom. The molecule has 0 spiro atoms. The quantitative estimate of drug-likeness (QED) is 0.456. The third-order valence-electron chi connectivity index (χ3n) is 2.00. The first-order valence-corrected chi connectivity index (χ1v) is 4.29. The molecule has 96 valence electrons. The molecule has 1 rings (SSSR count). The summed E-state index contributed by atoms with van der Waals surface area (Å²) < 4.78 is 0. The van der Waals surface area contributed by atoms with E-state index in [1.807, 2.05) is 6.07 Å². The van der Waals surface area contributed by atoms with Gasteiger partial charge in [0.15, 0.2) is 0 Å². The third kappa shape index (κ3) is 3.14. The van der Waals surface area contributed by atoms with E-state index in [0.717, 1.165) is 0 Å². The number of carboxylic acid groups (broad SMARTS) is 4. The Bertz CT molecular complexity index is 526. The van der Waals surface area contributed by atoms with E-state index in [2.05, 4.69) is 0 Å². The number of carboxylic acids is 4. The number of hydrogen-bond acceptors (Lipinski definition) is 4. The van der Waals surface area contributed by atoms with E-state index in [0.29, 0.717) is 6.07 Å². The van der Waals surface area contributed by atoms with Gasteiger partial charge >= 0.3 is 5.97 Å². The second-order valence-electron chi connectivity index (χ2n) is 3.05. The predicted octanol–water partition coefficient (Wildman–Crippen LogP) is 0.277. The third-order valence-corrected chi connectivity index (χ3v) is 2.00. The molecule has 0 saturated heterocycles. The van der Waals surface area contributed by atoms with Gasteiger partial charge in [-0.3, -0.25) is 9.59 Å². The number of aromatic carboxylic acids is 4. The van der Waals surface area contributed by atoms with Crippen molar-refractivity contribution in [1.29, 1.82) is 0 Å². The fraction of sp³-hybridized carbons (Fsp3) is 0. The molecule has 0 radical (unpaired) electrons. The molecule has 4 N–H and O–H groups in total. The molecule has 9 heteroatoms. The maximum Gasteiger partial charge on any atom is 0.318 e. The summed E-state index contributed by atoms with van der Waals surface area (Å²) in [6, 6.07) is 2.55. The molecular formula is C10H5O8Zn-. The molecule has 0 aliphatic heterocycles. The minimum absolute atomic E-state index is 0. The first-order chi connectivity index (χ1) is 8.27. The number of rotatable bonds is 4. The van der Waals surface area contributed by atoms with Gasteiger partial charge in [-0.25, -0.2) is 4.79 Å². The van der Waals surface area contributed by atoms with Crippen LogP contribution in [0, 0.1) is 6.07 Å². The minimum atomic E-state index is -1.86. The van der Waals surface area contributed by atoms with Crippen LogP contribution in [0.4, 0.5) is 0 Å². The van der Waals surface area contributed by atoms with Crippen molar-refractivity contribution in [1.82, 2.24) is 0 Å². The first-order valence-electron chi connectivity index (χ1n) is 4.29. The Morgan fingerprint density at radius 3 is 1.58 bits per heavy atom. The zero-order chi connectivity index (χ0) is 14.0. The second-order valence-corrected chi connectivity index (χ2v) is 3.05. The standard InChI is InChI=1S/C10H5O8.Zn/c11-7(12)3-1-2-4(8(13)14)6(10(17)18)5(3)9(15)16;/h1H,(H,11,12)(H,13,14)(H,15,16)(H,17,18);/q-1;. The van der Waals surface area contributed by atoms with Crippen LogP contribution < -0.4 is 0 Å². The van der Waals surface area contributed by atoms with E-state index in [1.54, 1.807) is 0 Å². The molecule has 0 bridgehead atoms. The van der Waals surface area contributed by atoms with Gasteiger partial charge in [0.1, 0.15) is 0 Å². The topological polar surface area (TPSA) is 149 Å². The second kappa shape index (κ2) is 6.06. The van der Waals surface area contributed by atoms with E-state index in [1.165, 1.54) is 0 Å². The van der Waals surface area contributed by atoms with Gasteiger partial charge in [-0.2, -0.15) is 0 Å². The van der Waals surface area contributed by atoms with Crippen LogP contribution in [0.3, 0.4) is 0 Å². The van der Waals surface area contributed by atoms with Gasteiger partial charge in [-0.05, 0) is 11.1 Å². The molecule has 1 aromatic rings. The van der Waals surface area contributed by atoms with E-state index >= 15 is 0 Å². The Balaban J connectivity index is 0.00000324. The fourth-order valence-corrected chi connectivity index (χ4v) is 1.32. The van der Waals surface area contributed by atoms with Crippen molar-refractivity contribution in [2.75, 3.05) is 0 Å². The summed E-state index contributed by atoms with van der Waals surface area (Å²) >= 11 is 0. The van der Waals surface area contributed by atoms with Crippen LogP contribution in [0.5, 0.6) is 0 Å². The summed E-state index contributed by atoms with van der Waals surface area (Å²) in [5.41, 5.74) is -3.96. The van der Waals surface area contributed by atoms with Gasteiger partial charge in [-0.1, -0.05) is 5.56 Å². The monoisotopic (exact) mass is 317 g/mol. The van der Waals surface area contributed by atoms with Crippen LogP contribution in [-0.4, -0.2) is 44.3 Å². The SMILES string of the molecule is O=C(O)c1[c-]cc(C(=O)O)c(C(=O)O)c1C(=O)O.[Zn]. The summed E-state index contributed by atoms with van der Waals surface area (Å²) in [6.45, 7) is 0. The Hall–Kier alpha value is -2.28. The van der Waals surface area contributed by atoms with Crippen LogP contribution in [0.2, 0.25) is 0 Å². The molecule has 0 unspecified atom stereocenters. The molecule has 8 nitrogen and oxygen atoms in total. The molecule has 0 aliphatic carbocycles. The van der Waals surface area contributed by atoms with E-state index in [9.17, 15) is 19.2 Å². The van der Waals surface area contributed by atoms with Crippen molar-refractivity contribution in [3.63, 3.8) is 0 Å². The van der Waals surface area contributed by atoms with Crippen molar-refractivity contribution in [2.24, 2.45) is 0 Å². The van der Waals surface area contributed by atoms with Gasteiger partial charge in [0.2, 0.25) is 5.97 Å². The molecule has 0 aliphatic rings. The van der Waals surface area contributed by atoms with Gasteiger partial charge in [0, 0.05) is 25.0 Å². The summed E-state index contributed by atoms with van der Waals surface area (Å²) in [5, 5.41) is 35.1. The molecule has 0 fully saturated rings. The van der Waals surface area contributed by atoms with Crippen molar-refractivity contribution in [2.45, 2.75) is 0 Å². The minimum Gasteiger partial charge on any atom is -0.521 e. The number of carbonyl (C=O) groups is 4. The Morgan fingerprint density at radius 1 is 0.789 bits per heavy atom. The Kier molecular flexibility index (Phi) is 5.33. The molecular weight excluding hydrogens is 313 g/mol. The molecule has 1 aromatic carbocycles. The van der Waals surface area contributed by atoms with E-state index < -0.39 is 46.1 Å². The van der Waals surface area contributed by atoms with E-state index in [4.69, 9.17) is 20.4 Å². The maximum atomic E-state index is 10.9. The van der Waals surface area contributed by atoms with Crippen LogP contribution in [0.25, 0.3) is 0 Å². The summed E-state index contributed by atoms with van der Waals surface area (Å²) in [4.78, 5) is 43.3. The number of benzene rings is 1. The van der Waals surface area contributed by atoms with Gasteiger partial charge in [-0.15, -0.1) is 12.1 Å². The van der Waals surface area contributed by atoms with Crippen LogP contribution in [0.1, 0.15) is 41.4 Å². The van der Waals surface area contributed by atoms with Crippen LogP contribution in [0.15, 0.2) is 6.07 Å². The van der Waals surface area contributed by atoms with Crippen LogP contribution in [-0.2, 0) is 19.5 Å². The molecule has 0 saturated carbocycles. The van der Waals surface area contributed by atoms with E-state index in [-0.39, 0.29) is 19.5 Å². The fourth-order valence-electron chi connectivity index (χ4n) is 1.32. The van der Waals surface area contributed by atoms with Gasteiger partial charge in [0.05, 0.1) is 0 Å². The average Bonchev–Trinajstić information content (AvgIpc) is 2.26. The van der Waals surface area contributed by atoms with Crippen molar-refractivity contribution in [3.8, 4) is 0 Å². The summed E-state index contributed by atoms with van der Waals surface area (Å²) in [5.74, 6) is -7.11. The average molecular weight is 319 g/mol. The van der Waals surface area contributed by atoms with Crippen molar-refractivity contribution < 1.29 is 59.1 Å². The molecule has 0 heterocycles. The van der Waals surface area contributed by atoms with Crippen LogP contribution >= 0.6 is 0 Å². The molecule has 0 aromatic heterocycles.